The normalized spacial score (nSPS) is 14.7. The fourth-order valence-corrected chi connectivity index (χ4v) is 3.61. The Kier molecular flexibility index (Phi) is 6.58. The van der Waals surface area contributed by atoms with Crippen LogP contribution in [0.25, 0.3) is 0 Å². The van der Waals surface area contributed by atoms with E-state index in [1.807, 2.05) is 12.1 Å². The van der Waals surface area contributed by atoms with Crippen LogP contribution in [-0.4, -0.2) is 24.1 Å². The third-order valence-electron chi connectivity index (χ3n) is 4.67. The highest BCUT2D eigenvalue weighted by atomic mass is 35.5. The first-order valence-electron chi connectivity index (χ1n) is 8.85. The van der Waals surface area contributed by atoms with E-state index in [9.17, 15) is 4.79 Å². The summed E-state index contributed by atoms with van der Waals surface area (Å²) in [6, 6.07) is 12.8. The maximum atomic E-state index is 12.3. The molecule has 0 aromatic heterocycles. The van der Waals surface area contributed by atoms with Crippen molar-refractivity contribution in [2.24, 2.45) is 5.92 Å². The molecule has 1 heterocycles. The van der Waals surface area contributed by atoms with E-state index in [4.69, 9.17) is 35.4 Å². The maximum Gasteiger partial charge on any atom is 0.258 e. The number of carbonyl (C=O) groups is 1. The number of benzene rings is 2. The summed E-state index contributed by atoms with van der Waals surface area (Å²) in [6.45, 7) is 4.47. The number of hydrogen-bond acceptors (Lipinski definition) is 3. The Morgan fingerprint density at radius 2 is 1.78 bits per heavy atom. The Labute approximate surface area is 174 Å². The molecule has 2 aromatic rings. The Bertz CT molecular complexity index is 834. The molecule has 0 spiro atoms. The number of anilines is 2. The van der Waals surface area contributed by atoms with E-state index in [0.29, 0.717) is 10.0 Å². The summed E-state index contributed by atoms with van der Waals surface area (Å²) in [5, 5.41) is 6.60. The minimum absolute atomic E-state index is 0.204. The lowest BCUT2D eigenvalue weighted by Gasteiger charge is -2.32. The van der Waals surface area contributed by atoms with Gasteiger partial charge >= 0.3 is 0 Å². The molecule has 1 saturated heterocycles. The molecule has 3 rings (SSSR count). The van der Waals surface area contributed by atoms with Gasteiger partial charge in [0.2, 0.25) is 0 Å². The van der Waals surface area contributed by atoms with Crippen LogP contribution in [0.2, 0.25) is 10.0 Å². The van der Waals surface area contributed by atoms with Crippen molar-refractivity contribution < 1.29 is 4.79 Å². The van der Waals surface area contributed by atoms with Gasteiger partial charge in [-0.1, -0.05) is 30.1 Å². The van der Waals surface area contributed by atoms with Gasteiger partial charge in [-0.15, -0.1) is 0 Å². The molecule has 1 aliphatic rings. The van der Waals surface area contributed by atoms with E-state index in [1.54, 1.807) is 12.1 Å². The first-order chi connectivity index (χ1) is 12.9. The van der Waals surface area contributed by atoms with Crippen molar-refractivity contribution in [2.75, 3.05) is 23.3 Å². The second-order valence-electron chi connectivity index (χ2n) is 6.75. The van der Waals surface area contributed by atoms with Gasteiger partial charge in [0.05, 0.1) is 10.6 Å². The quantitative estimate of drug-likeness (QED) is 0.654. The number of halogens is 2. The van der Waals surface area contributed by atoms with Crippen molar-refractivity contribution in [3.05, 3.63) is 58.1 Å². The van der Waals surface area contributed by atoms with Gasteiger partial charge in [-0.3, -0.25) is 10.1 Å². The predicted octanol–water partition coefficient (Wildman–Crippen LogP) is 5.36. The highest BCUT2D eigenvalue weighted by Gasteiger charge is 2.16. The second kappa shape index (κ2) is 8.91. The second-order valence-corrected chi connectivity index (χ2v) is 8.00. The summed E-state index contributed by atoms with van der Waals surface area (Å²) in [5.41, 5.74) is 2.29. The van der Waals surface area contributed by atoms with Crippen LogP contribution in [-0.2, 0) is 0 Å². The molecule has 0 aliphatic carbocycles. The van der Waals surface area contributed by atoms with Crippen molar-refractivity contribution >= 4 is 57.8 Å². The molecule has 1 aliphatic heterocycles. The van der Waals surface area contributed by atoms with Crippen LogP contribution >= 0.6 is 35.4 Å². The van der Waals surface area contributed by atoms with Crippen molar-refractivity contribution in [2.45, 2.75) is 19.8 Å². The molecule has 2 aromatic carbocycles. The molecular weight excluding hydrogens is 401 g/mol. The first kappa shape index (κ1) is 19.9. The lowest BCUT2D eigenvalue weighted by Crippen LogP contribution is -2.34. The largest absolute Gasteiger partial charge is 0.372 e. The number of thiocarbonyl (C=S) groups is 1. The molecule has 0 radical (unpaired) electrons. The van der Waals surface area contributed by atoms with Crippen LogP contribution in [0.15, 0.2) is 42.5 Å². The topological polar surface area (TPSA) is 44.4 Å². The van der Waals surface area contributed by atoms with Crippen LogP contribution in [0.5, 0.6) is 0 Å². The van der Waals surface area contributed by atoms with Gasteiger partial charge in [-0.25, -0.2) is 0 Å². The summed E-state index contributed by atoms with van der Waals surface area (Å²) in [7, 11) is 0. The number of amides is 1. The molecule has 0 atom stereocenters. The zero-order chi connectivity index (χ0) is 19.4. The van der Waals surface area contributed by atoms with E-state index in [-0.39, 0.29) is 10.7 Å². The molecule has 0 saturated carbocycles. The van der Waals surface area contributed by atoms with E-state index >= 15 is 0 Å². The fraction of sp³-hybridized carbons (Fsp3) is 0.300. The van der Waals surface area contributed by atoms with Gasteiger partial charge in [-0.2, -0.15) is 0 Å². The van der Waals surface area contributed by atoms with Crippen LogP contribution < -0.4 is 15.5 Å². The Balaban J connectivity index is 1.57. The lowest BCUT2D eigenvalue weighted by atomic mass is 9.99. The van der Waals surface area contributed by atoms with Crippen molar-refractivity contribution in [3.63, 3.8) is 0 Å². The Hall–Kier alpha value is -1.82. The fourth-order valence-electron chi connectivity index (χ4n) is 3.03. The van der Waals surface area contributed by atoms with Crippen molar-refractivity contribution in [1.29, 1.82) is 0 Å². The van der Waals surface area contributed by atoms with E-state index < -0.39 is 5.91 Å². The zero-order valence-corrected chi connectivity index (χ0v) is 17.3. The SMILES string of the molecule is CC1CCN(c2ccc(NC(=S)NC(=O)c3cc(Cl)ccc3Cl)cc2)CC1. The highest BCUT2D eigenvalue weighted by Crippen LogP contribution is 2.24. The lowest BCUT2D eigenvalue weighted by molar-refractivity contribution is 0.0978. The third-order valence-corrected chi connectivity index (χ3v) is 5.44. The average Bonchev–Trinajstić information content (AvgIpc) is 2.65. The monoisotopic (exact) mass is 421 g/mol. The Morgan fingerprint density at radius 3 is 2.44 bits per heavy atom. The first-order valence-corrected chi connectivity index (χ1v) is 10.0. The van der Waals surface area contributed by atoms with Gasteiger partial charge in [0.15, 0.2) is 5.11 Å². The molecule has 142 valence electrons. The summed E-state index contributed by atoms with van der Waals surface area (Å²) in [5.74, 6) is 0.398. The maximum absolute atomic E-state index is 12.3. The summed E-state index contributed by atoms with van der Waals surface area (Å²) < 4.78 is 0. The highest BCUT2D eigenvalue weighted by molar-refractivity contribution is 7.80. The third kappa shape index (κ3) is 5.34. The molecule has 27 heavy (non-hydrogen) atoms. The smallest absolute Gasteiger partial charge is 0.258 e. The van der Waals surface area contributed by atoms with Gasteiger partial charge in [-0.05, 0) is 73.4 Å². The molecule has 4 nitrogen and oxygen atoms in total. The van der Waals surface area contributed by atoms with E-state index in [1.165, 1.54) is 24.6 Å². The molecule has 1 amide bonds. The average molecular weight is 422 g/mol. The molecule has 0 unspecified atom stereocenters. The number of carbonyl (C=O) groups excluding carboxylic acids is 1. The minimum Gasteiger partial charge on any atom is -0.372 e. The molecule has 7 heteroatoms. The van der Waals surface area contributed by atoms with Crippen LogP contribution in [0.1, 0.15) is 30.1 Å². The van der Waals surface area contributed by atoms with Gasteiger partial charge in [0.25, 0.3) is 5.91 Å². The van der Waals surface area contributed by atoms with E-state index in [0.717, 1.165) is 24.7 Å². The van der Waals surface area contributed by atoms with Gasteiger partial charge < -0.3 is 10.2 Å². The number of hydrogen-bond donors (Lipinski definition) is 2. The van der Waals surface area contributed by atoms with Gasteiger partial charge in [0.1, 0.15) is 0 Å². The van der Waals surface area contributed by atoms with E-state index in [2.05, 4.69) is 34.6 Å². The number of nitrogens with zero attached hydrogens (tertiary/aromatic N) is 1. The standard InChI is InChI=1S/C20H21Cl2N3OS/c1-13-8-10-25(11-9-13)16-5-3-15(4-6-16)23-20(27)24-19(26)17-12-14(21)2-7-18(17)22/h2-7,12-13H,8-11H2,1H3,(H2,23,24,26,27). The molecule has 1 fully saturated rings. The number of piperidine rings is 1. The van der Waals surface area contributed by atoms with Crippen molar-refractivity contribution in [3.8, 4) is 0 Å². The zero-order valence-electron chi connectivity index (χ0n) is 15.0. The van der Waals surface area contributed by atoms with Crippen molar-refractivity contribution in [1.82, 2.24) is 5.32 Å². The minimum atomic E-state index is -0.404. The summed E-state index contributed by atoms with van der Waals surface area (Å²) in [4.78, 5) is 14.7. The van der Waals surface area contributed by atoms with Crippen LogP contribution in [0.4, 0.5) is 11.4 Å². The van der Waals surface area contributed by atoms with Crippen LogP contribution in [0, 0.1) is 5.92 Å². The number of rotatable bonds is 3. The summed E-state index contributed by atoms with van der Waals surface area (Å²) in [6.07, 6.45) is 2.45. The summed E-state index contributed by atoms with van der Waals surface area (Å²) >= 11 is 17.2. The molecule has 0 bridgehead atoms. The number of nitrogens with one attached hydrogen (secondary N) is 2. The molecular formula is C20H21Cl2N3OS. The van der Waals surface area contributed by atoms with Crippen LogP contribution in [0.3, 0.4) is 0 Å². The van der Waals surface area contributed by atoms with Gasteiger partial charge in [0, 0.05) is 29.5 Å². The molecule has 2 N–H and O–H groups in total. The predicted molar refractivity (Wildman–Crippen MR) is 117 cm³/mol. The Morgan fingerprint density at radius 1 is 1.11 bits per heavy atom.